The molecular weight excluding hydrogens is 360 g/mol. The molecule has 0 bridgehead atoms. The number of nitrogens with zero attached hydrogens (tertiary/aromatic N) is 2. The summed E-state index contributed by atoms with van der Waals surface area (Å²) < 4.78 is 0. The molecule has 1 aliphatic rings. The molecular formula is C20H24N4O2S. The monoisotopic (exact) mass is 384 g/mol. The number of hydrogen-bond donors (Lipinski definition) is 3. The van der Waals surface area contributed by atoms with E-state index in [1.165, 1.54) is 34.7 Å². The van der Waals surface area contributed by atoms with Crippen molar-refractivity contribution in [3.05, 3.63) is 47.1 Å². The van der Waals surface area contributed by atoms with E-state index in [4.69, 9.17) is 0 Å². The Morgan fingerprint density at radius 3 is 2.96 bits per heavy atom. The molecule has 0 spiro atoms. The molecule has 142 valence electrons. The Morgan fingerprint density at radius 1 is 1.41 bits per heavy atom. The summed E-state index contributed by atoms with van der Waals surface area (Å²) in [6.45, 7) is 4.32. The second-order valence-electron chi connectivity index (χ2n) is 7.15. The summed E-state index contributed by atoms with van der Waals surface area (Å²) >= 11 is 1.40. The van der Waals surface area contributed by atoms with Crippen LogP contribution in [-0.4, -0.2) is 45.1 Å². The van der Waals surface area contributed by atoms with Gasteiger partial charge in [-0.2, -0.15) is 0 Å². The third kappa shape index (κ3) is 4.05. The van der Waals surface area contributed by atoms with Crippen LogP contribution >= 0.6 is 11.3 Å². The standard InChI is InChI=1S/C20H24N4O2S/c1-13(25)19(26)23-20-22-15(12-27-20)11-24-8-6-14(7-9-24)17-10-21-18-5-3-2-4-16(17)18/h2-5,10,12-14,21,25H,6-9,11H2,1H3,(H,22,23,26)/t13-/m1/s1. The molecule has 7 heteroatoms. The molecule has 1 aliphatic heterocycles. The second kappa shape index (κ2) is 7.80. The van der Waals surface area contributed by atoms with Crippen LogP contribution in [0.15, 0.2) is 35.8 Å². The molecule has 1 amide bonds. The number of thiazole rings is 1. The molecule has 0 aliphatic carbocycles. The largest absolute Gasteiger partial charge is 0.384 e. The third-order valence-corrected chi connectivity index (χ3v) is 6.00. The fraction of sp³-hybridized carbons (Fsp3) is 0.400. The number of aliphatic hydroxyl groups excluding tert-OH is 1. The van der Waals surface area contributed by atoms with E-state index < -0.39 is 12.0 Å². The second-order valence-corrected chi connectivity index (χ2v) is 8.01. The number of hydrogen-bond acceptors (Lipinski definition) is 5. The quantitative estimate of drug-likeness (QED) is 0.630. The molecule has 27 heavy (non-hydrogen) atoms. The van der Waals surface area contributed by atoms with Crippen molar-refractivity contribution in [2.75, 3.05) is 18.4 Å². The highest BCUT2D eigenvalue weighted by molar-refractivity contribution is 7.13. The Kier molecular flexibility index (Phi) is 5.24. The number of anilines is 1. The maximum Gasteiger partial charge on any atom is 0.254 e. The van der Waals surface area contributed by atoms with Crippen molar-refractivity contribution in [1.29, 1.82) is 0 Å². The van der Waals surface area contributed by atoms with Gasteiger partial charge in [0.1, 0.15) is 6.10 Å². The van der Waals surface area contributed by atoms with Crippen LogP contribution in [0.1, 0.15) is 36.9 Å². The van der Waals surface area contributed by atoms with Gasteiger partial charge in [0.05, 0.1) is 5.69 Å². The first kappa shape index (κ1) is 18.2. The Hall–Kier alpha value is -2.22. The van der Waals surface area contributed by atoms with Crippen LogP contribution in [0.3, 0.4) is 0 Å². The number of aromatic nitrogens is 2. The lowest BCUT2D eigenvalue weighted by Crippen LogP contribution is -2.32. The fourth-order valence-corrected chi connectivity index (χ4v) is 4.41. The highest BCUT2D eigenvalue weighted by Gasteiger charge is 2.23. The average Bonchev–Trinajstić information content (AvgIpc) is 3.29. The number of piperidine rings is 1. The Morgan fingerprint density at radius 2 is 2.19 bits per heavy atom. The van der Waals surface area contributed by atoms with Gasteiger partial charge in [-0.25, -0.2) is 4.98 Å². The maximum atomic E-state index is 11.5. The van der Waals surface area contributed by atoms with Crippen LogP contribution in [0.2, 0.25) is 0 Å². The van der Waals surface area contributed by atoms with Crippen LogP contribution in [-0.2, 0) is 11.3 Å². The number of nitrogens with one attached hydrogen (secondary N) is 2. The molecule has 0 unspecified atom stereocenters. The molecule has 6 nitrogen and oxygen atoms in total. The summed E-state index contributed by atoms with van der Waals surface area (Å²) in [4.78, 5) is 21.8. The topological polar surface area (TPSA) is 81.2 Å². The molecule has 3 heterocycles. The highest BCUT2D eigenvalue weighted by Crippen LogP contribution is 2.33. The summed E-state index contributed by atoms with van der Waals surface area (Å²) in [5.74, 6) is 0.171. The summed E-state index contributed by atoms with van der Waals surface area (Å²) in [7, 11) is 0. The van der Waals surface area contributed by atoms with Crippen molar-refractivity contribution in [2.24, 2.45) is 0 Å². The number of amides is 1. The van der Waals surface area contributed by atoms with E-state index in [1.807, 2.05) is 5.38 Å². The normalized spacial score (nSPS) is 17.3. The lowest BCUT2D eigenvalue weighted by Gasteiger charge is -2.31. The van der Waals surface area contributed by atoms with E-state index >= 15 is 0 Å². The van der Waals surface area contributed by atoms with E-state index in [-0.39, 0.29) is 0 Å². The van der Waals surface area contributed by atoms with Crippen molar-refractivity contribution >= 4 is 33.3 Å². The van der Waals surface area contributed by atoms with Crippen LogP contribution in [0.4, 0.5) is 5.13 Å². The summed E-state index contributed by atoms with van der Waals surface area (Å²) in [6.07, 6.45) is 3.42. The van der Waals surface area contributed by atoms with Crippen molar-refractivity contribution in [2.45, 2.75) is 38.3 Å². The zero-order valence-corrected chi connectivity index (χ0v) is 16.1. The van der Waals surface area contributed by atoms with Gasteiger partial charge in [-0.3, -0.25) is 15.0 Å². The lowest BCUT2D eigenvalue weighted by atomic mass is 9.89. The minimum absolute atomic E-state index is 0.421. The van der Waals surface area contributed by atoms with Gasteiger partial charge in [0.25, 0.3) is 5.91 Å². The number of carbonyl (C=O) groups excluding carboxylic acids is 1. The van der Waals surface area contributed by atoms with Gasteiger partial charge in [0.2, 0.25) is 0 Å². The molecule has 1 aromatic carbocycles. The van der Waals surface area contributed by atoms with E-state index in [0.29, 0.717) is 11.0 Å². The van der Waals surface area contributed by atoms with E-state index in [2.05, 4.69) is 50.6 Å². The van der Waals surface area contributed by atoms with Crippen LogP contribution in [0, 0.1) is 0 Å². The number of aromatic amines is 1. The summed E-state index contributed by atoms with van der Waals surface area (Å²) in [5.41, 5.74) is 3.61. The number of fused-ring (bicyclic) bond motifs is 1. The van der Waals surface area contributed by atoms with E-state index in [9.17, 15) is 9.90 Å². The first-order chi connectivity index (χ1) is 13.1. The van der Waals surface area contributed by atoms with Gasteiger partial charge in [-0.05, 0) is 50.4 Å². The van der Waals surface area contributed by atoms with Crippen LogP contribution in [0.5, 0.6) is 0 Å². The van der Waals surface area contributed by atoms with Gasteiger partial charge in [-0.1, -0.05) is 18.2 Å². The van der Waals surface area contributed by atoms with Gasteiger partial charge >= 0.3 is 0 Å². The first-order valence-corrected chi connectivity index (χ1v) is 10.2. The fourth-order valence-electron chi connectivity index (χ4n) is 3.71. The average molecular weight is 385 g/mol. The molecule has 1 atom stereocenters. The number of aliphatic hydroxyl groups is 1. The van der Waals surface area contributed by atoms with Gasteiger partial charge in [-0.15, -0.1) is 11.3 Å². The highest BCUT2D eigenvalue weighted by atomic mass is 32.1. The Balaban J connectivity index is 1.33. The number of carbonyl (C=O) groups is 1. The number of para-hydroxylation sites is 1. The molecule has 3 aromatic rings. The Bertz CT molecular complexity index is 925. The minimum atomic E-state index is -1.03. The molecule has 4 rings (SSSR count). The van der Waals surface area contributed by atoms with Gasteiger partial charge in [0.15, 0.2) is 5.13 Å². The number of likely N-dealkylation sites (tertiary alicyclic amines) is 1. The van der Waals surface area contributed by atoms with Crippen molar-refractivity contribution in [3.8, 4) is 0 Å². The molecule has 0 saturated carbocycles. The summed E-state index contributed by atoms with van der Waals surface area (Å²) in [5, 5.41) is 15.8. The number of H-pyrrole nitrogens is 1. The zero-order chi connectivity index (χ0) is 18.8. The zero-order valence-electron chi connectivity index (χ0n) is 15.3. The SMILES string of the molecule is C[C@@H](O)C(=O)Nc1nc(CN2CCC(c3c[nH]c4ccccc34)CC2)cs1. The number of benzene rings is 1. The molecule has 1 saturated heterocycles. The lowest BCUT2D eigenvalue weighted by molar-refractivity contribution is -0.123. The maximum absolute atomic E-state index is 11.5. The predicted octanol–water partition coefficient (Wildman–Crippen LogP) is 3.32. The van der Waals surface area contributed by atoms with Crippen molar-refractivity contribution in [1.82, 2.24) is 14.9 Å². The first-order valence-electron chi connectivity index (χ1n) is 9.32. The third-order valence-electron chi connectivity index (χ3n) is 5.20. The summed E-state index contributed by atoms with van der Waals surface area (Å²) in [6, 6.07) is 8.50. The van der Waals surface area contributed by atoms with Crippen molar-refractivity contribution in [3.63, 3.8) is 0 Å². The molecule has 2 aromatic heterocycles. The van der Waals surface area contributed by atoms with Gasteiger partial charge in [0, 0.05) is 29.0 Å². The Labute approximate surface area is 162 Å². The smallest absolute Gasteiger partial charge is 0.254 e. The molecule has 3 N–H and O–H groups in total. The number of rotatable bonds is 5. The van der Waals surface area contributed by atoms with E-state index in [0.717, 1.165) is 38.2 Å². The predicted molar refractivity (Wildman–Crippen MR) is 108 cm³/mol. The van der Waals surface area contributed by atoms with Crippen LogP contribution < -0.4 is 5.32 Å². The van der Waals surface area contributed by atoms with Gasteiger partial charge < -0.3 is 10.1 Å². The minimum Gasteiger partial charge on any atom is -0.384 e. The van der Waals surface area contributed by atoms with Crippen molar-refractivity contribution < 1.29 is 9.90 Å². The molecule has 1 fully saturated rings. The van der Waals surface area contributed by atoms with E-state index in [1.54, 1.807) is 0 Å². The van der Waals surface area contributed by atoms with Crippen LogP contribution in [0.25, 0.3) is 10.9 Å². The molecule has 0 radical (unpaired) electrons.